The molecule has 9 nitrogen and oxygen atoms in total. The molecular formula is C29H31FN4O5. The van der Waals surface area contributed by atoms with Crippen LogP contribution in [0.5, 0.6) is 5.75 Å². The summed E-state index contributed by atoms with van der Waals surface area (Å²) in [6.45, 7) is 4.83. The highest BCUT2D eigenvalue weighted by atomic mass is 19.1. The number of aromatic nitrogens is 1. The van der Waals surface area contributed by atoms with Gasteiger partial charge < -0.3 is 19.7 Å². The number of rotatable bonds is 7. The topological polar surface area (TPSA) is 93.1 Å². The molecule has 39 heavy (non-hydrogen) atoms. The Morgan fingerprint density at radius 2 is 1.95 bits per heavy atom. The molecule has 10 heteroatoms. The Bertz CT molecular complexity index is 1470. The number of carbonyl (C=O) groups is 2. The molecule has 1 aromatic heterocycles. The Kier molecular flexibility index (Phi) is 7.14. The molecule has 3 aromatic rings. The average Bonchev–Trinajstić information content (AvgIpc) is 3.42. The molecule has 1 saturated heterocycles. The van der Waals surface area contributed by atoms with Gasteiger partial charge in [0.2, 0.25) is 5.43 Å². The maximum atomic E-state index is 14.4. The molecule has 2 aromatic carbocycles. The lowest BCUT2D eigenvalue weighted by Crippen LogP contribution is -2.70. The van der Waals surface area contributed by atoms with E-state index >= 15 is 0 Å². The van der Waals surface area contributed by atoms with Crippen LogP contribution in [0.2, 0.25) is 0 Å². The first-order chi connectivity index (χ1) is 18.8. The third-order valence-corrected chi connectivity index (χ3v) is 7.42. The normalized spacial score (nSPS) is 18.4. The van der Waals surface area contributed by atoms with Gasteiger partial charge in [-0.25, -0.2) is 4.39 Å². The quantitative estimate of drug-likeness (QED) is 0.501. The van der Waals surface area contributed by atoms with Crippen LogP contribution in [0.3, 0.4) is 0 Å². The van der Waals surface area contributed by atoms with E-state index in [1.165, 1.54) is 12.3 Å². The van der Waals surface area contributed by atoms with Crippen LogP contribution in [0.4, 0.5) is 4.39 Å². The predicted molar refractivity (Wildman–Crippen MR) is 143 cm³/mol. The molecule has 0 bridgehead atoms. The van der Waals surface area contributed by atoms with Gasteiger partial charge in [0.1, 0.15) is 18.0 Å². The van der Waals surface area contributed by atoms with Crippen molar-refractivity contribution in [2.75, 3.05) is 31.8 Å². The Morgan fingerprint density at radius 1 is 1.18 bits per heavy atom. The van der Waals surface area contributed by atoms with Crippen LogP contribution in [0.1, 0.15) is 50.9 Å². The van der Waals surface area contributed by atoms with E-state index in [-0.39, 0.29) is 36.8 Å². The van der Waals surface area contributed by atoms with E-state index in [0.29, 0.717) is 25.1 Å². The molecule has 0 saturated carbocycles. The summed E-state index contributed by atoms with van der Waals surface area (Å²) in [4.78, 5) is 42.4. The summed E-state index contributed by atoms with van der Waals surface area (Å²) in [7, 11) is 1.69. The summed E-state index contributed by atoms with van der Waals surface area (Å²) in [6, 6.07) is 14.0. The van der Waals surface area contributed by atoms with Gasteiger partial charge in [0.05, 0.1) is 13.2 Å². The molecule has 1 N–H and O–H groups in total. The van der Waals surface area contributed by atoms with Gasteiger partial charge in [0.25, 0.3) is 11.8 Å². The van der Waals surface area contributed by atoms with Gasteiger partial charge >= 0.3 is 0 Å². The minimum absolute atomic E-state index is 0.0279. The van der Waals surface area contributed by atoms with Crippen molar-refractivity contribution in [2.45, 2.75) is 39.1 Å². The van der Waals surface area contributed by atoms with Gasteiger partial charge in [-0.05, 0) is 31.0 Å². The second-order valence-electron chi connectivity index (χ2n) is 9.81. The number of fused-ring (bicyclic) bond motifs is 1. The molecule has 2 amide bonds. The van der Waals surface area contributed by atoms with Crippen molar-refractivity contribution in [3.8, 4) is 5.75 Å². The number of hydrogen-bond donors (Lipinski definition) is 1. The summed E-state index contributed by atoms with van der Waals surface area (Å²) < 4.78 is 27.6. The Balaban J connectivity index is 1.58. The van der Waals surface area contributed by atoms with E-state index in [9.17, 15) is 18.8 Å². The molecule has 1 atom stereocenters. The number of nitrogens with zero attached hydrogens (tertiary/aromatic N) is 3. The van der Waals surface area contributed by atoms with Crippen molar-refractivity contribution in [1.82, 2.24) is 14.9 Å². The van der Waals surface area contributed by atoms with Gasteiger partial charge in [0.15, 0.2) is 17.1 Å². The number of ether oxygens (including phenoxy) is 2. The van der Waals surface area contributed by atoms with E-state index in [4.69, 9.17) is 9.47 Å². The van der Waals surface area contributed by atoms with Crippen molar-refractivity contribution in [3.05, 3.63) is 98.7 Å². The van der Waals surface area contributed by atoms with Gasteiger partial charge in [-0.3, -0.25) is 24.1 Å². The zero-order valence-electron chi connectivity index (χ0n) is 22.2. The highest BCUT2D eigenvalue weighted by Gasteiger charge is 2.52. The van der Waals surface area contributed by atoms with Crippen LogP contribution in [0.15, 0.2) is 59.5 Å². The Hall–Kier alpha value is -4.18. The van der Waals surface area contributed by atoms with E-state index in [1.54, 1.807) is 35.7 Å². The van der Waals surface area contributed by atoms with Crippen LogP contribution < -0.4 is 20.5 Å². The lowest BCUT2D eigenvalue weighted by molar-refractivity contribution is 0.0304. The van der Waals surface area contributed by atoms with Crippen molar-refractivity contribution in [3.63, 3.8) is 0 Å². The van der Waals surface area contributed by atoms with Crippen molar-refractivity contribution in [1.29, 1.82) is 0 Å². The highest BCUT2D eigenvalue weighted by molar-refractivity contribution is 5.99. The zero-order chi connectivity index (χ0) is 27.7. The summed E-state index contributed by atoms with van der Waals surface area (Å²) in [5, 5.41) is 4.57. The summed E-state index contributed by atoms with van der Waals surface area (Å²) in [5.74, 6) is -1.76. The average molecular weight is 535 g/mol. The summed E-state index contributed by atoms with van der Waals surface area (Å²) in [6.07, 6.45) is 1.94. The number of likely N-dealkylation sites (N-methyl/N-ethyl adjacent to an activating group) is 2. The summed E-state index contributed by atoms with van der Waals surface area (Å²) >= 11 is 0. The molecule has 0 aliphatic carbocycles. The molecule has 1 unspecified atom stereocenters. The maximum Gasteiger partial charge on any atom is 0.278 e. The van der Waals surface area contributed by atoms with Crippen LogP contribution in [-0.2, 0) is 17.9 Å². The minimum atomic E-state index is -0.774. The van der Waals surface area contributed by atoms with Gasteiger partial charge in [-0.2, -0.15) is 0 Å². The number of nitrogens with one attached hydrogen (secondary N) is 1. The SMILES string of the molecule is CCN1n2cc(C(=O)NCc3ccc(C)cc3F)c(=O)c(OCc3ccccc3)c2C(=O)N(C)C12CCOC2. The Labute approximate surface area is 225 Å². The molecule has 0 radical (unpaired) electrons. The first kappa shape index (κ1) is 26.4. The number of benzene rings is 2. The number of halogens is 1. The third kappa shape index (κ3) is 4.65. The number of aryl methyl sites for hydroxylation is 1. The summed E-state index contributed by atoms with van der Waals surface area (Å²) in [5.41, 5.74) is 0.193. The fourth-order valence-electron chi connectivity index (χ4n) is 5.24. The maximum absolute atomic E-state index is 14.4. The molecular weight excluding hydrogens is 503 g/mol. The van der Waals surface area contributed by atoms with E-state index < -0.39 is 28.7 Å². The number of amides is 2. The van der Waals surface area contributed by atoms with Gasteiger partial charge in [-0.15, -0.1) is 0 Å². The Morgan fingerprint density at radius 3 is 2.62 bits per heavy atom. The zero-order valence-corrected chi connectivity index (χ0v) is 22.2. The lowest BCUT2D eigenvalue weighted by Gasteiger charge is -2.51. The molecule has 2 aliphatic heterocycles. The monoisotopic (exact) mass is 534 g/mol. The number of pyridine rings is 1. The van der Waals surface area contributed by atoms with Crippen molar-refractivity contribution < 1.29 is 23.5 Å². The lowest BCUT2D eigenvalue weighted by atomic mass is 10.0. The van der Waals surface area contributed by atoms with E-state index in [2.05, 4.69) is 5.32 Å². The fraction of sp³-hybridized carbons (Fsp3) is 0.345. The second kappa shape index (κ2) is 10.5. The smallest absolute Gasteiger partial charge is 0.278 e. The van der Waals surface area contributed by atoms with Gasteiger partial charge in [0, 0.05) is 38.3 Å². The molecule has 5 rings (SSSR count). The first-order valence-corrected chi connectivity index (χ1v) is 12.9. The highest BCUT2D eigenvalue weighted by Crippen LogP contribution is 2.36. The standard InChI is InChI=1S/C29H31FN4O5/c1-4-34-29(12-13-38-18-29)32(3)28(37)24-26(39-17-20-8-6-5-7-9-20)25(35)22(16-33(24)34)27(36)31-15-21-11-10-19(2)14-23(21)30/h5-11,14,16H,4,12-13,15,17-18H2,1-3H3,(H,31,36). The fourth-order valence-corrected chi connectivity index (χ4v) is 5.24. The second-order valence-corrected chi connectivity index (χ2v) is 9.81. The number of carbonyl (C=O) groups excluding carboxylic acids is 2. The minimum Gasteiger partial charge on any atom is -0.482 e. The molecule has 2 aliphatic rings. The molecule has 1 fully saturated rings. The van der Waals surface area contributed by atoms with Crippen molar-refractivity contribution in [2.24, 2.45) is 0 Å². The van der Waals surface area contributed by atoms with Crippen LogP contribution in [0.25, 0.3) is 0 Å². The predicted octanol–water partition coefficient (Wildman–Crippen LogP) is 2.96. The molecule has 3 heterocycles. The van der Waals surface area contributed by atoms with Crippen LogP contribution in [0, 0.1) is 12.7 Å². The number of hydrogen-bond acceptors (Lipinski definition) is 6. The third-order valence-electron chi connectivity index (χ3n) is 7.42. The van der Waals surface area contributed by atoms with Crippen LogP contribution in [-0.4, -0.2) is 53.9 Å². The van der Waals surface area contributed by atoms with Crippen LogP contribution >= 0.6 is 0 Å². The van der Waals surface area contributed by atoms with Gasteiger partial charge in [-0.1, -0.05) is 42.5 Å². The van der Waals surface area contributed by atoms with Crippen molar-refractivity contribution >= 4 is 11.8 Å². The molecule has 204 valence electrons. The largest absolute Gasteiger partial charge is 0.482 e. The molecule has 1 spiro atoms. The van der Waals surface area contributed by atoms with E-state index in [1.807, 2.05) is 42.3 Å². The van der Waals surface area contributed by atoms with E-state index in [0.717, 1.165) is 11.1 Å². The first-order valence-electron chi connectivity index (χ1n) is 12.9.